The number of nitrogen functional groups attached to an aromatic ring is 1. The van der Waals surface area contributed by atoms with Gasteiger partial charge < -0.3 is 15.2 Å². The molecule has 0 atom stereocenters. The lowest BCUT2D eigenvalue weighted by atomic mass is 10.1. The van der Waals surface area contributed by atoms with E-state index < -0.39 is 0 Å². The van der Waals surface area contributed by atoms with Gasteiger partial charge in [-0.05, 0) is 30.2 Å². The van der Waals surface area contributed by atoms with E-state index in [1.54, 1.807) is 19.2 Å². The van der Waals surface area contributed by atoms with Gasteiger partial charge in [0, 0.05) is 11.8 Å². The summed E-state index contributed by atoms with van der Waals surface area (Å²) in [6.07, 6.45) is 0.930. The van der Waals surface area contributed by atoms with E-state index in [2.05, 4.69) is 11.9 Å². The average Bonchev–Trinajstić information content (AvgIpc) is 2.38. The zero-order valence-electron chi connectivity index (χ0n) is 10.8. The molecule has 0 radical (unpaired) electrons. The highest BCUT2D eigenvalue weighted by atomic mass is 35.5. The van der Waals surface area contributed by atoms with Gasteiger partial charge in [0.15, 0.2) is 11.5 Å². The summed E-state index contributed by atoms with van der Waals surface area (Å²) in [5.74, 6) is 1.57. The minimum Gasteiger partial charge on any atom is -0.493 e. The van der Waals surface area contributed by atoms with Crippen LogP contribution in [0.2, 0.25) is 5.15 Å². The van der Waals surface area contributed by atoms with Crippen molar-refractivity contribution in [2.45, 2.75) is 13.3 Å². The second-order valence-electron chi connectivity index (χ2n) is 4.00. The summed E-state index contributed by atoms with van der Waals surface area (Å²) in [5, 5.41) is 0.291. The van der Waals surface area contributed by atoms with Crippen LogP contribution in [0, 0.1) is 0 Å². The number of hydrogen-bond acceptors (Lipinski definition) is 4. The van der Waals surface area contributed by atoms with Gasteiger partial charge in [0.1, 0.15) is 5.15 Å². The predicted molar refractivity (Wildman–Crippen MR) is 76.1 cm³/mol. The molecule has 2 rings (SSSR count). The monoisotopic (exact) mass is 278 g/mol. The summed E-state index contributed by atoms with van der Waals surface area (Å²) in [7, 11) is 1.60. The molecule has 1 aromatic heterocycles. The minimum atomic E-state index is 0.291. The van der Waals surface area contributed by atoms with Crippen molar-refractivity contribution >= 4 is 17.3 Å². The van der Waals surface area contributed by atoms with Gasteiger partial charge in [-0.15, -0.1) is 0 Å². The van der Waals surface area contributed by atoms with E-state index in [0.717, 1.165) is 6.42 Å². The van der Waals surface area contributed by atoms with Gasteiger partial charge in [0.2, 0.25) is 5.88 Å². The number of aryl methyl sites for hydroxylation is 1. The fraction of sp³-hybridized carbons (Fsp3) is 0.214. The Morgan fingerprint density at radius 1 is 1.21 bits per heavy atom. The van der Waals surface area contributed by atoms with Crippen LogP contribution in [0.15, 0.2) is 30.3 Å². The summed E-state index contributed by atoms with van der Waals surface area (Å²) in [6.45, 7) is 2.08. The van der Waals surface area contributed by atoms with Crippen molar-refractivity contribution in [1.29, 1.82) is 0 Å². The van der Waals surface area contributed by atoms with E-state index in [1.165, 1.54) is 5.56 Å². The number of rotatable bonds is 4. The van der Waals surface area contributed by atoms with Crippen molar-refractivity contribution in [1.82, 2.24) is 4.98 Å². The van der Waals surface area contributed by atoms with Crippen LogP contribution in [0.5, 0.6) is 17.4 Å². The Morgan fingerprint density at radius 3 is 2.63 bits per heavy atom. The Bertz CT molecular complexity index is 567. The van der Waals surface area contributed by atoms with Crippen molar-refractivity contribution in [2.75, 3.05) is 12.8 Å². The normalized spacial score (nSPS) is 10.3. The predicted octanol–water partition coefficient (Wildman–Crippen LogP) is 3.68. The van der Waals surface area contributed by atoms with E-state index in [1.807, 2.05) is 18.2 Å². The number of pyridine rings is 1. The highest BCUT2D eigenvalue weighted by molar-refractivity contribution is 6.29. The molecular weight excluding hydrogens is 264 g/mol. The summed E-state index contributed by atoms with van der Waals surface area (Å²) in [5.41, 5.74) is 7.36. The molecule has 0 saturated carbocycles. The highest BCUT2D eigenvalue weighted by Gasteiger charge is 2.08. The van der Waals surface area contributed by atoms with Gasteiger partial charge in [0.05, 0.1) is 7.11 Å². The van der Waals surface area contributed by atoms with Gasteiger partial charge in [0.25, 0.3) is 0 Å². The fourth-order valence-corrected chi connectivity index (χ4v) is 1.88. The molecule has 2 aromatic rings. The third-order valence-corrected chi connectivity index (χ3v) is 2.84. The van der Waals surface area contributed by atoms with Crippen LogP contribution < -0.4 is 15.2 Å². The quantitative estimate of drug-likeness (QED) is 0.867. The lowest BCUT2D eigenvalue weighted by Gasteiger charge is -2.11. The molecule has 0 saturated heterocycles. The van der Waals surface area contributed by atoms with E-state index in [0.29, 0.717) is 28.2 Å². The molecule has 0 amide bonds. The molecule has 19 heavy (non-hydrogen) atoms. The van der Waals surface area contributed by atoms with Crippen molar-refractivity contribution in [3.05, 3.63) is 41.0 Å². The second kappa shape index (κ2) is 5.80. The number of halogens is 1. The lowest BCUT2D eigenvalue weighted by Crippen LogP contribution is -1.95. The average molecular weight is 279 g/mol. The molecule has 5 heteroatoms. The first kappa shape index (κ1) is 13.5. The largest absolute Gasteiger partial charge is 0.493 e. The zero-order chi connectivity index (χ0) is 13.8. The molecule has 0 unspecified atom stereocenters. The third-order valence-electron chi connectivity index (χ3n) is 2.64. The summed E-state index contributed by atoms with van der Waals surface area (Å²) in [4.78, 5) is 4.05. The molecule has 0 aliphatic heterocycles. The molecule has 0 fully saturated rings. The summed E-state index contributed by atoms with van der Waals surface area (Å²) in [6, 6.07) is 8.93. The maximum Gasteiger partial charge on any atom is 0.222 e. The Labute approximate surface area is 117 Å². The first-order chi connectivity index (χ1) is 9.12. The van der Waals surface area contributed by atoms with Gasteiger partial charge >= 0.3 is 0 Å². The Morgan fingerprint density at radius 2 is 2.00 bits per heavy atom. The van der Waals surface area contributed by atoms with Crippen LogP contribution in [0.3, 0.4) is 0 Å². The Kier molecular flexibility index (Phi) is 4.12. The van der Waals surface area contributed by atoms with E-state index >= 15 is 0 Å². The number of nitrogens with zero attached hydrogens (tertiary/aromatic N) is 1. The number of benzene rings is 1. The second-order valence-corrected chi connectivity index (χ2v) is 4.39. The smallest absolute Gasteiger partial charge is 0.222 e. The molecule has 100 valence electrons. The molecule has 0 aliphatic rings. The van der Waals surface area contributed by atoms with Crippen LogP contribution in [0.1, 0.15) is 12.5 Å². The SMILES string of the molecule is CCc1ccc(Oc2cc(N)cc(Cl)n2)c(OC)c1. The first-order valence-corrected chi connectivity index (χ1v) is 6.28. The molecule has 4 nitrogen and oxygen atoms in total. The molecule has 0 aliphatic carbocycles. The number of aromatic nitrogens is 1. The maximum absolute atomic E-state index is 5.84. The number of ether oxygens (including phenoxy) is 2. The molecule has 0 bridgehead atoms. The minimum absolute atomic E-state index is 0.291. The lowest BCUT2D eigenvalue weighted by molar-refractivity contribution is 0.374. The van der Waals surface area contributed by atoms with Gasteiger partial charge in [-0.2, -0.15) is 0 Å². The molecule has 1 aromatic carbocycles. The highest BCUT2D eigenvalue weighted by Crippen LogP contribution is 2.32. The maximum atomic E-state index is 5.84. The van der Waals surface area contributed by atoms with E-state index in [-0.39, 0.29) is 0 Å². The summed E-state index contributed by atoms with van der Waals surface area (Å²) >= 11 is 5.84. The van der Waals surface area contributed by atoms with Gasteiger partial charge in [-0.25, -0.2) is 4.98 Å². The number of methoxy groups -OCH3 is 1. The number of nitrogens with two attached hydrogens (primary N) is 1. The van der Waals surface area contributed by atoms with Crippen LogP contribution in [0.4, 0.5) is 5.69 Å². The molecular formula is C14H15ClN2O2. The summed E-state index contributed by atoms with van der Waals surface area (Å²) < 4.78 is 11.0. The van der Waals surface area contributed by atoms with Crippen LogP contribution in [-0.2, 0) is 6.42 Å². The molecule has 0 spiro atoms. The van der Waals surface area contributed by atoms with Crippen LogP contribution >= 0.6 is 11.6 Å². The fourth-order valence-electron chi connectivity index (χ4n) is 1.67. The van der Waals surface area contributed by atoms with E-state index in [9.17, 15) is 0 Å². The van der Waals surface area contributed by atoms with E-state index in [4.69, 9.17) is 26.8 Å². The zero-order valence-corrected chi connectivity index (χ0v) is 11.6. The van der Waals surface area contributed by atoms with Crippen molar-refractivity contribution in [3.8, 4) is 17.4 Å². The molecule has 2 N–H and O–H groups in total. The van der Waals surface area contributed by atoms with Crippen molar-refractivity contribution < 1.29 is 9.47 Å². The molecule has 1 heterocycles. The topological polar surface area (TPSA) is 57.4 Å². The van der Waals surface area contributed by atoms with Crippen molar-refractivity contribution in [3.63, 3.8) is 0 Å². The first-order valence-electron chi connectivity index (χ1n) is 5.90. The van der Waals surface area contributed by atoms with Gasteiger partial charge in [-0.3, -0.25) is 0 Å². The van der Waals surface area contributed by atoms with Crippen LogP contribution in [0.25, 0.3) is 0 Å². The van der Waals surface area contributed by atoms with Crippen LogP contribution in [-0.4, -0.2) is 12.1 Å². The van der Waals surface area contributed by atoms with Crippen molar-refractivity contribution in [2.24, 2.45) is 0 Å². The third kappa shape index (κ3) is 3.29. The number of hydrogen-bond donors (Lipinski definition) is 1. The number of anilines is 1. The van der Waals surface area contributed by atoms with Gasteiger partial charge in [-0.1, -0.05) is 24.6 Å². The Hall–Kier alpha value is -1.94. The Balaban J connectivity index is 2.32. The standard InChI is InChI=1S/C14H15ClN2O2/c1-3-9-4-5-11(12(6-9)18-2)19-14-8-10(16)7-13(15)17-14/h4-8H,3H2,1-2H3,(H2,16,17).